The minimum atomic E-state index is -0.273. The van der Waals surface area contributed by atoms with Gasteiger partial charge in [0.1, 0.15) is 0 Å². The van der Waals surface area contributed by atoms with E-state index in [0.29, 0.717) is 6.54 Å². The molecule has 0 saturated heterocycles. The van der Waals surface area contributed by atoms with E-state index in [1.807, 2.05) is 20.8 Å². The second kappa shape index (κ2) is 5.15. The van der Waals surface area contributed by atoms with E-state index in [-0.39, 0.29) is 11.3 Å². The van der Waals surface area contributed by atoms with E-state index >= 15 is 0 Å². The van der Waals surface area contributed by atoms with Crippen LogP contribution >= 0.6 is 0 Å². The minimum Gasteiger partial charge on any atom is -0.352 e. The van der Waals surface area contributed by atoms with Gasteiger partial charge in [0.2, 0.25) is 5.91 Å². The van der Waals surface area contributed by atoms with Gasteiger partial charge in [0.25, 0.3) is 0 Å². The Hall–Kier alpha value is -1.31. The van der Waals surface area contributed by atoms with Crippen LogP contribution in [0.25, 0.3) is 0 Å². The van der Waals surface area contributed by atoms with Crippen molar-refractivity contribution in [3.05, 3.63) is 35.4 Å². The van der Waals surface area contributed by atoms with E-state index in [1.165, 1.54) is 5.56 Å². The molecule has 16 heavy (non-hydrogen) atoms. The molecule has 1 N–H and O–H groups in total. The Morgan fingerprint density at radius 2 is 1.81 bits per heavy atom. The number of hydrogen-bond donors (Lipinski definition) is 1. The maximum Gasteiger partial charge on any atom is 0.225 e. The predicted molar refractivity (Wildman–Crippen MR) is 67.1 cm³/mol. The van der Waals surface area contributed by atoms with E-state index in [1.54, 1.807) is 0 Å². The molecular weight excluding hydrogens is 198 g/mol. The molecule has 0 aromatic heterocycles. The average Bonchev–Trinajstić information content (AvgIpc) is 2.28. The molecule has 0 fully saturated rings. The molecule has 0 bridgehead atoms. The molecule has 0 heterocycles. The van der Waals surface area contributed by atoms with Crippen LogP contribution in [0.3, 0.4) is 0 Å². The van der Waals surface area contributed by atoms with Crippen LogP contribution in [-0.4, -0.2) is 5.91 Å². The Bertz CT molecular complexity index is 352. The number of benzene rings is 1. The van der Waals surface area contributed by atoms with Crippen LogP contribution in [-0.2, 0) is 11.3 Å². The number of hydrogen-bond acceptors (Lipinski definition) is 1. The van der Waals surface area contributed by atoms with Crippen molar-refractivity contribution in [3.63, 3.8) is 0 Å². The molecule has 0 unspecified atom stereocenters. The second-order valence-electron chi connectivity index (χ2n) is 4.91. The van der Waals surface area contributed by atoms with Gasteiger partial charge < -0.3 is 5.32 Å². The number of carbonyl (C=O) groups is 1. The molecule has 0 saturated carbocycles. The summed E-state index contributed by atoms with van der Waals surface area (Å²) in [6, 6.07) is 8.22. The molecule has 2 heteroatoms. The number of amides is 1. The highest BCUT2D eigenvalue weighted by Crippen LogP contribution is 2.19. The quantitative estimate of drug-likeness (QED) is 0.828. The van der Waals surface area contributed by atoms with Gasteiger partial charge in [0, 0.05) is 12.0 Å². The monoisotopic (exact) mass is 219 g/mol. The molecule has 0 atom stereocenters. The topological polar surface area (TPSA) is 29.1 Å². The van der Waals surface area contributed by atoms with Gasteiger partial charge in [-0.05, 0) is 18.9 Å². The lowest BCUT2D eigenvalue weighted by atomic mass is 9.89. The SMILES string of the molecule is CCC(C)(C)C(=O)NCc1ccc(C)cc1. The highest BCUT2D eigenvalue weighted by atomic mass is 16.2. The van der Waals surface area contributed by atoms with Crippen molar-refractivity contribution in [2.75, 3.05) is 0 Å². The third kappa shape index (κ3) is 3.37. The summed E-state index contributed by atoms with van der Waals surface area (Å²) in [5.74, 6) is 0.121. The molecule has 2 nitrogen and oxygen atoms in total. The number of carbonyl (C=O) groups excluding carboxylic acids is 1. The number of nitrogens with one attached hydrogen (secondary N) is 1. The zero-order chi connectivity index (χ0) is 12.2. The summed E-state index contributed by atoms with van der Waals surface area (Å²) in [4.78, 5) is 11.8. The van der Waals surface area contributed by atoms with E-state index in [9.17, 15) is 4.79 Å². The largest absolute Gasteiger partial charge is 0.352 e. The normalized spacial score (nSPS) is 11.2. The Kier molecular flexibility index (Phi) is 4.11. The zero-order valence-electron chi connectivity index (χ0n) is 10.6. The van der Waals surface area contributed by atoms with E-state index < -0.39 is 0 Å². The van der Waals surface area contributed by atoms with Gasteiger partial charge in [-0.2, -0.15) is 0 Å². The molecule has 0 aliphatic heterocycles. The van der Waals surface area contributed by atoms with Gasteiger partial charge in [0.05, 0.1) is 0 Å². The molecule has 1 amide bonds. The van der Waals surface area contributed by atoms with Gasteiger partial charge in [-0.25, -0.2) is 0 Å². The second-order valence-corrected chi connectivity index (χ2v) is 4.91. The minimum absolute atomic E-state index is 0.121. The lowest BCUT2D eigenvalue weighted by Gasteiger charge is -2.21. The van der Waals surface area contributed by atoms with Crippen molar-refractivity contribution in [1.82, 2.24) is 5.32 Å². The Labute approximate surface area is 98.1 Å². The molecule has 1 rings (SSSR count). The molecule has 88 valence electrons. The van der Waals surface area contributed by atoms with E-state index in [2.05, 4.69) is 36.5 Å². The maximum atomic E-state index is 11.8. The van der Waals surface area contributed by atoms with Crippen LogP contribution in [0.15, 0.2) is 24.3 Å². The first-order valence-electron chi connectivity index (χ1n) is 5.79. The summed E-state index contributed by atoms with van der Waals surface area (Å²) in [6.07, 6.45) is 0.854. The Morgan fingerprint density at radius 3 is 2.31 bits per heavy atom. The van der Waals surface area contributed by atoms with Crippen LogP contribution in [0, 0.1) is 12.3 Å². The van der Waals surface area contributed by atoms with E-state index in [0.717, 1.165) is 12.0 Å². The van der Waals surface area contributed by atoms with Crippen LogP contribution in [0.2, 0.25) is 0 Å². The summed E-state index contributed by atoms with van der Waals surface area (Å²) >= 11 is 0. The number of aryl methyl sites for hydroxylation is 1. The van der Waals surface area contributed by atoms with Crippen LogP contribution in [0.1, 0.15) is 38.3 Å². The van der Waals surface area contributed by atoms with Crippen LogP contribution in [0.4, 0.5) is 0 Å². The molecular formula is C14H21NO. The molecule has 0 spiro atoms. The fourth-order valence-electron chi connectivity index (χ4n) is 1.29. The van der Waals surface area contributed by atoms with E-state index in [4.69, 9.17) is 0 Å². The summed E-state index contributed by atoms with van der Waals surface area (Å²) in [6.45, 7) is 8.64. The molecule has 1 aromatic carbocycles. The summed E-state index contributed by atoms with van der Waals surface area (Å²) in [7, 11) is 0. The smallest absolute Gasteiger partial charge is 0.225 e. The first-order chi connectivity index (χ1) is 7.45. The summed E-state index contributed by atoms with van der Waals surface area (Å²) in [5.41, 5.74) is 2.11. The van der Waals surface area contributed by atoms with Gasteiger partial charge >= 0.3 is 0 Å². The first-order valence-corrected chi connectivity index (χ1v) is 5.79. The van der Waals surface area contributed by atoms with Gasteiger partial charge in [-0.1, -0.05) is 50.6 Å². The van der Waals surface area contributed by atoms with Crippen molar-refractivity contribution in [1.29, 1.82) is 0 Å². The third-order valence-electron chi connectivity index (χ3n) is 3.07. The summed E-state index contributed by atoms with van der Waals surface area (Å²) < 4.78 is 0. The highest BCUT2D eigenvalue weighted by Gasteiger charge is 2.24. The average molecular weight is 219 g/mol. The molecule has 1 aromatic rings. The molecule has 0 radical (unpaired) electrons. The maximum absolute atomic E-state index is 11.8. The lowest BCUT2D eigenvalue weighted by molar-refractivity contribution is -0.129. The Balaban J connectivity index is 2.52. The third-order valence-corrected chi connectivity index (χ3v) is 3.07. The van der Waals surface area contributed by atoms with Crippen LogP contribution < -0.4 is 5.32 Å². The van der Waals surface area contributed by atoms with Gasteiger partial charge in [-0.3, -0.25) is 4.79 Å². The standard InChI is InChI=1S/C14H21NO/c1-5-14(3,4)13(16)15-10-12-8-6-11(2)7-9-12/h6-9H,5,10H2,1-4H3,(H,15,16). The summed E-state index contributed by atoms with van der Waals surface area (Å²) in [5, 5.41) is 2.97. The van der Waals surface area contributed by atoms with Crippen molar-refractivity contribution in [2.24, 2.45) is 5.41 Å². The van der Waals surface area contributed by atoms with Crippen molar-refractivity contribution in [2.45, 2.75) is 40.7 Å². The Morgan fingerprint density at radius 1 is 1.25 bits per heavy atom. The van der Waals surface area contributed by atoms with Gasteiger partial charge in [0.15, 0.2) is 0 Å². The first kappa shape index (κ1) is 12.8. The fourth-order valence-corrected chi connectivity index (χ4v) is 1.29. The van der Waals surface area contributed by atoms with Gasteiger partial charge in [-0.15, -0.1) is 0 Å². The molecule has 0 aliphatic carbocycles. The highest BCUT2D eigenvalue weighted by molar-refractivity contribution is 5.81. The zero-order valence-corrected chi connectivity index (χ0v) is 10.6. The molecule has 0 aliphatic rings. The predicted octanol–water partition coefficient (Wildman–Crippen LogP) is 3.05. The van der Waals surface area contributed by atoms with Crippen LogP contribution in [0.5, 0.6) is 0 Å². The van der Waals surface area contributed by atoms with Crippen molar-refractivity contribution >= 4 is 5.91 Å². The lowest BCUT2D eigenvalue weighted by Crippen LogP contribution is -2.35. The fraction of sp³-hybridized carbons (Fsp3) is 0.500. The van der Waals surface area contributed by atoms with Crippen molar-refractivity contribution in [3.8, 4) is 0 Å². The van der Waals surface area contributed by atoms with Crippen molar-refractivity contribution < 1.29 is 4.79 Å². The number of rotatable bonds is 4.